The molecule has 0 amide bonds. The number of allylic oxidation sites excluding steroid dienone is 35. The van der Waals surface area contributed by atoms with Crippen LogP contribution in [0.5, 0.6) is 0 Å². The molecule has 0 spiro atoms. The van der Waals surface area contributed by atoms with Gasteiger partial charge in [0.2, 0.25) is 0 Å². The van der Waals surface area contributed by atoms with Gasteiger partial charge in [0.25, 0.3) is 0 Å². The van der Waals surface area contributed by atoms with Crippen molar-refractivity contribution < 1.29 is 9.53 Å². The van der Waals surface area contributed by atoms with E-state index < -0.39 is 0 Å². The van der Waals surface area contributed by atoms with E-state index in [-0.39, 0.29) is 5.97 Å². The van der Waals surface area contributed by atoms with Gasteiger partial charge in [0.1, 0.15) is 6.61 Å². The Hall–Kier alpha value is -5.21. The van der Waals surface area contributed by atoms with E-state index in [4.69, 9.17) is 4.74 Å². The van der Waals surface area contributed by atoms with Crippen molar-refractivity contribution in [2.75, 3.05) is 6.61 Å². The fourth-order valence-corrected chi connectivity index (χ4v) is 11.2. The molecule has 528 valence electrons. The first-order valence-corrected chi connectivity index (χ1v) is 37.8. The maximum atomic E-state index is 12.5. The van der Waals surface area contributed by atoms with E-state index in [0.717, 1.165) is 173 Å². The molecule has 2 heteroatoms. The average molecular weight is 1290 g/mol. The van der Waals surface area contributed by atoms with Gasteiger partial charge in [-0.3, -0.25) is 4.79 Å². The summed E-state index contributed by atoms with van der Waals surface area (Å²) >= 11 is 0. The molecule has 0 aromatic carbocycles. The van der Waals surface area contributed by atoms with Crippen LogP contribution in [-0.4, -0.2) is 12.6 Å². The van der Waals surface area contributed by atoms with Crippen LogP contribution < -0.4 is 0 Å². The molecule has 0 unspecified atom stereocenters. The normalized spacial score (nSPS) is 14.8. The van der Waals surface area contributed by atoms with Crippen molar-refractivity contribution >= 4 is 5.97 Å². The molecule has 0 saturated heterocycles. The van der Waals surface area contributed by atoms with Crippen molar-refractivity contribution in [1.29, 1.82) is 0 Å². The quantitative estimate of drug-likeness (QED) is 0.0448. The second kappa shape index (κ2) is 59.1. The highest BCUT2D eigenvalue weighted by atomic mass is 16.5. The monoisotopic (exact) mass is 1290 g/mol. The fraction of sp³-hybridized carbons (Fsp3) is 0.598. The van der Waals surface area contributed by atoms with E-state index in [2.05, 4.69) is 248 Å². The third-order valence-corrected chi connectivity index (χ3v) is 18.1. The van der Waals surface area contributed by atoms with Gasteiger partial charge in [0.15, 0.2) is 0 Å². The number of carbonyl (C=O) groups excluding carboxylic acids is 1. The molecule has 0 heterocycles. The minimum absolute atomic E-state index is 0.115. The molecule has 94 heavy (non-hydrogen) atoms. The zero-order valence-corrected chi connectivity index (χ0v) is 65.5. The van der Waals surface area contributed by atoms with E-state index in [0.29, 0.717) is 13.0 Å². The topological polar surface area (TPSA) is 26.3 Å². The number of carbonyl (C=O) groups is 1. The minimum atomic E-state index is -0.115. The molecule has 0 aliphatic carbocycles. The van der Waals surface area contributed by atoms with Gasteiger partial charge in [-0.15, -0.1) is 0 Å². The lowest BCUT2D eigenvalue weighted by Crippen LogP contribution is -2.04. The summed E-state index contributed by atoms with van der Waals surface area (Å²) in [7, 11) is 0. The molecule has 0 aliphatic heterocycles. The predicted octanol–water partition coefficient (Wildman–Crippen LogP) is 30.9. The Bertz CT molecular complexity index is 2510. The molecule has 0 bridgehead atoms. The average Bonchev–Trinajstić information content (AvgIpc) is 3.72. The molecule has 0 rings (SSSR count). The smallest absolute Gasteiger partial charge is 0.306 e. The Morgan fingerprint density at radius 2 is 0.287 bits per heavy atom. The number of hydrogen-bond acceptors (Lipinski definition) is 2. The number of rotatable bonds is 53. The first-order chi connectivity index (χ1) is 44.8. The fourth-order valence-electron chi connectivity index (χ4n) is 11.2. The van der Waals surface area contributed by atoms with Gasteiger partial charge >= 0.3 is 5.97 Å². The number of ether oxygens (including phenoxy) is 1. The molecule has 0 radical (unpaired) electrons. The van der Waals surface area contributed by atoms with Crippen LogP contribution in [0.1, 0.15) is 357 Å². The van der Waals surface area contributed by atoms with Crippen LogP contribution in [0.25, 0.3) is 0 Å². The summed E-state index contributed by atoms with van der Waals surface area (Å²) in [6.45, 7) is 45.5. The van der Waals surface area contributed by atoms with Crippen LogP contribution in [0.2, 0.25) is 0 Å². The van der Waals surface area contributed by atoms with Gasteiger partial charge in [-0.1, -0.05) is 204 Å². The highest BCUT2D eigenvalue weighted by Gasteiger charge is 2.04. The first kappa shape index (κ1) is 88.8. The lowest BCUT2D eigenvalue weighted by Gasteiger charge is -2.05. The number of esters is 1. The molecule has 0 saturated carbocycles. The second-order valence-corrected chi connectivity index (χ2v) is 29.2. The van der Waals surface area contributed by atoms with Crippen molar-refractivity contribution in [3.63, 3.8) is 0 Å². The van der Waals surface area contributed by atoms with Crippen molar-refractivity contribution in [2.45, 2.75) is 357 Å². The molecule has 0 aromatic rings. The molecule has 2 nitrogen and oxygen atoms in total. The highest BCUT2D eigenvalue weighted by molar-refractivity contribution is 5.69. The largest absolute Gasteiger partial charge is 0.461 e. The minimum Gasteiger partial charge on any atom is -0.461 e. The Kier molecular flexibility index (Phi) is 55.8. The first-order valence-electron chi connectivity index (χ1n) is 37.8. The SMILES string of the molecule is CC(C)=CCC/C(C)=C\CC/C(C)=C/CC/C(C)=C\CC/C(C)=C/CC/C(C)=C\CC/C(C)=C/CC/C(C)=C\CC/C(C)=C\CCC(=O)OC/C=C(/C)CC/C=C(\C)CC/C=C(/C)CC/C=C(\C)CC/C=C(/C)CC/C=C(\C)CC/C=C(/C)CC/C=C(\C)CCC=C(C)C. The van der Waals surface area contributed by atoms with E-state index >= 15 is 0 Å². The standard InChI is InChI=1S/C92H148O2/c1-74(2)38-21-40-76(5)42-23-44-78(7)46-25-48-80(9)50-27-52-82(11)54-29-55-84(13)58-31-59-86(15)62-33-63-88(17)66-35-67-90(19)70-37-71-92(93)94-73-72-91(20)69-36-68-89(18)65-34-64-87(16)61-32-60-85(14)57-30-56-83(12)53-28-51-81(10)49-26-47-79(8)45-24-43-77(6)41-22-39-75(3)4/h38-39,42-43,46-47,50-51,54,56,58,60,62,64,66,68,70,72H,21-37,40-41,44-45,48-49,52-53,55,57,59,61,63,65,67,69,71,73H2,1-20H3/b76-42-,77-43+,78-46+,79-47-,80-50-,81-51+,82-54+,83-56-,84-58-,85-60+,86-62+,87-64-,88-66-,89-68+,90-70-,91-72-. The third kappa shape index (κ3) is 60.5. The van der Waals surface area contributed by atoms with Crippen LogP contribution in [0, 0.1) is 0 Å². The summed E-state index contributed by atoms with van der Waals surface area (Å²) < 4.78 is 5.57. The zero-order valence-electron chi connectivity index (χ0n) is 65.5. The van der Waals surface area contributed by atoms with Crippen LogP contribution in [0.15, 0.2) is 210 Å². The maximum Gasteiger partial charge on any atom is 0.306 e. The van der Waals surface area contributed by atoms with Gasteiger partial charge in [-0.2, -0.15) is 0 Å². The van der Waals surface area contributed by atoms with Crippen LogP contribution in [0.3, 0.4) is 0 Å². The summed E-state index contributed by atoms with van der Waals surface area (Å²) in [6, 6.07) is 0. The number of hydrogen-bond donors (Lipinski definition) is 0. The van der Waals surface area contributed by atoms with E-state index in [1.807, 2.05) is 0 Å². The van der Waals surface area contributed by atoms with Gasteiger partial charge in [-0.05, 0) is 356 Å². The molecular formula is C92H148O2. The van der Waals surface area contributed by atoms with Crippen molar-refractivity contribution in [3.05, 3.63) is 210 Å². The van der Waals surface area contributed by atoms with Crippen molar-refractivity contribution in [3.8, 4) is 0 Å². The van der Waals surface area contributed by atoms with E-state index in [1.54, 1.807) is 0 Å². The Morgan fingerprint density at radius 3 is 0.426 bits per heavy atom. The Labute approximate surface area is 585 Å². The zero-order chi connectivity index (χ0) is 70.2. The van der Waals surface area contributed by atoms with Crippen LogP contribution in [0.4, 0.5) is 0 Å². The summed E-state index contributed by atoms with van der Waals surface area (Å²) in [5.74, 6) is -0.115. The Balaban J connectivity index is 4.32. The molecule has 0 aliphatic rings. The van der Waals surface area contributed by atoms with Gasteiger partial charge < -0.3 is 4.74 Å². The molecule has 0 fully saturated rings. The Morgan fingerprint density at radius 1 is 0.170 bits per heavy atom. The lowest BCUT2D eigenvalue weighted by molar-refractivity contribution is -0.142. The van der Waals surface area contributed by atoms with Crippen LogP contribution >= 0.6 is 0 Å². The van der Waals surface area contributed by atoms with Gasteiger partial charge in [0, 0.05) is 6.42 Å². The molecule has 0 N–H and O–H groups in total. The maximum absolute atomic E-state index is 12.5. The molecule has 0 atom stereocenters. The van der Waals surface area contributed by atoms with Crippen LogP contribution in [-0.2, 0) is 9.53 Å². The third-order valence-electron chi connectivity index (χ3n) is 18.1. The highest BCUT2D eigenvalue weighted by Crippen LogP contribution is 2.22. The van der Waals surface area contributed by atoms with Gasteiger partial charge in [0.05, 0.1) is 0 Å². The van der Waals surface area contributed by atoms with Crippen molar-refractivity contribution in [1.82, 2.24) is 0 Å². The van der Waals surface area contributed by atoms with Gasteiger partial charge in [-0.25, -0.2) is 0 Å². The van der Waals surface area contributed by atoms with E-state index in [1.165, 1.54) is 139 Å². The molecular weight excluding hydrogens is 1140 g/mol. The summed E-state index contributed by atoms with van der Waals surface area (Å²) in [5.41, 5.74) is 26.6. The second-order valence-electron chi connectivity index (χ2n) is 29.2. The van der Waals surface area contributed by atoms with Crippen molar-refractivity contribution in [2.24, 2.45) is 0 Å². The molecule has 0 aromatic heterocycles. The summed E-state index contributed by atoms with van der Waals surface area (Å²) in [6.07, 6.45) is 80.6. The lowest BCUT2D eigenvalue weighted by atomic mass is 10.0. The predicted molar refractivity (Wildman–Crippen MR) is 427 cm³/mol. The summed E-state index contributed by atoms with van der Waals surface area (Å²) in [4.78, 5) is 12.5. The van der Waals surface area contributed by atoms with E-state index in [9.17, 15) is 4.79 Å². The summed E-state index contributed by atoms with van der Waals surface area (Å²) in [5, 5.41) is 0.